The van der Waals surface area contributed by atoms with E-state index in [1.54, 1.807) is 0 Å². The number of nitrogens with zero attached hydrogens (tertiary/aromatic N) is 1. The number of benzene rings is 2. The third-order valence-electron chi connectivity index (χ3n) is 3.51. The van der Waals surface area contributed by atoms with E-state index in [9.17, 15) is 13.6 Å². The number of rotatable bonds is 4. The Hall–Kier alpha value is -2.73. The Labute approximate surface area is 159 Å². The molecule has 4 N–H and O–H groups in total. The van der Waals surface area contributed by atoms with Gasteiger partial charge in [0, 0.05) is 18.9 Å². The van der Waals surface area contributed by atoms with Gasteiger partial charge in [0.25, 0.3) is 0 Å². The zero-order chi connectivity index (χ0) is 19.9. The van der Waals surface area contributed by atoms with Crippen LogP contribution in [0.2, 0.25) is 0 Å². The van der Waals surface area contributed by atoms with Crippen LogP contribution in [0, 0.1) is 0 Å². The molecule has 1 heterocycles. The molecule has 0 spiro atoms. The fourth-order valence-electron chi connectivity index (χ4n) is 2.33. The van der Waals surface area contributed by atoms with Crippen LogP contribution in [0.5, 0.6) is 5.75 Å². The maximum Gasteiger partial charge on any atom is 0.0470 e. The summed E-state index contributed by atoms with van der Waals surface area (Å²) < 4.78 is 30.5. The summed E-state index contributed by atoms with van der Waals surface area (Å²) >= 11 is -5.15. The van der Waals surface area contributed by atoms with Gasteiger partial charge in [0.15, 0.2) is 0 Å². The number of carbonyl (C=O) groups excluding carboxylic acids is 1. The first-order chi connectivity index (χ1) is 12.8. The summed E-state index contributed by atoms with van der Waals surface area (Å²) in [7, 11) is 0. The van der Waals surface area contributed by atoms with E-state index >= 15 is 0 Å². The van der Waals surface area contributed by atoms with Gasteiger partial charge in [-0.15, -0.1) is 0 Å². The first kappa shape index (κ1) is 20.6. The maximum absolute atomic E-state index is 11.0. The number of phenolic OH excluding ortho intramolecular Hbond substituents is 1. The predicted molar refractivity (Wildman–Crippen MR) is 103 cm³/mol. The molecule has 0 fully saturated rings. The number of anilines is 1. The van der Waals surface area contributed by atoms with Crippen LogP contribution in [0.3, 0.4) is 0 Å². The average molecular weight is 432 g/mol. The Morgan fingerprint density at radius 2 is 1.63 bits per heavy atom. The number of para-hydroxylation sites is 1. The molecule has 1 amide bonds. The molecular formula is C19H21AsN2O5. The van der Waals surface area contributed by atoms with E-state index in [0.29, 0.717) is 0 Å². The van der Waals surface area contributed by atoms with Crippen LogP contribution in [0.4, 0.5) is 5.69 Å². The van der Waals surface area contributed by atoms with E-state index in [0.717, 1.165) is 12.6 Å². The molecule has 3 rings (SSSR count). The second-order valence-electron chi connectivity index (χ2n) is 5.74. The Morgan fingerprint density at radius 3 is 2.19 bits per heavy atom. The fourth-order valence-corrected chi connectivity index (χ4v) is 3.75. The van der Waals surface area contributed by atoms with Gasteiger partial charge in [-0.1, -0.05) is 30.3 Å². The van der Waals surface area contributed by atoms with Crippen molar-refractivity contribution >= 4 is 30.1 Å². The molecule has 0 radical (unpaired) electrons. The van der Waals surface area contributed by atoms with Crippen molar-refractivity contribution in [2.45, 2.75) is 13.5 Å². The summed E-state index contributed by atoms with van der Waals surface area (Å²) in [5, 5.41) is 11.7. The molecule has 8 heteroatoms. The van der Waals surface area contributed by atoms with E-state index in [4.69, 9.17) is 8.19 Å². The summed E-state index contributed by atoms with van der Waals surface area (Å²) in [5.74, 6) is -1.01. The second-order valence-corrected chi connectivity index (χ2v) is 9.03. The van der Waals surface area contributed by atoms with Crippen LogP contribution in [-0.4, -0.2) is 37.9 Å². The minimum atomic E-state index is -5.15. The van der Waals surface area contributed by atoms with Gasteiger partial charge in [-0.3, -0.25) is 0 Å². The van der Waals surface area contributed by atoms with E-state index in [1.165, 1.54) is 24.6 Å². The number of nitrogens with one attached hydrogen (secondary N) is 1. The van der Waals surface area contributed by atoms with Crippen molar-refractivity contribution < 1.29 is 21.8 Å². The second kappa shape index (κ2) is 9.28. The van der Waals surface area contributed by atoms with Crippen molar-refractivity contribution in [2.75, 3.05) is 5.32 Å². The summed E-state index contributed by atoms with van der Waals surface area (Å²) in [5.41, 5.74) is 1.33. The van der Waals surface area contributed by atoms with Crippen LogP contribution in [0.25, 0.3) is 0 Å². The Kier molecular flexibility index (Phi) is 7.07. The third kappa shape index (κ3) is 6.49. The standard InChI is InChI=1S/C11H11N.C8H10AsNO5/c1-2-6-11(7-3-1)10-12-8-4-5-9-12;1-5(11)10-7-4-2-3-6(8(7)12)9(13,14)15/h1-9H,10H2;2-4,12H,1H3,(H,10,11)(H2,13,14,15). The van der Waals surface area contributed by atoms with Gasteiger partial charge in [0.1, 0.15) is 0 Å². The minimum absolute atomic E-state index is 0.00951. The van der Waals surface area contributed by atoms with Gasteiger partial charge in [-0.2, -0.15) is 0 Å². The zero-order valence-corrected chi connectivity index (χ0v) is 16.6. The van der Waals surface area contributed by atoms with Crippen LogP contribution in [0.1, 0.15) is 12.5 Å². The SMILES string of the molecule is CC(=O)Nc1cccc([As](=O)(O)O)c1O.c1ccc(Cn2cccc2)cc1. The zero-order valence-electron chi connectivity index (χ0n) is 14.7. The molecule has 0 aliphatic rings. The predicted octanol–water partition coefficient (Wildman–Crippen LogP) is 1.45. The maximum atomic E-state index is 11.0. The normalized spacial score (nSPS) is 10.6. The van der Waals surface area contributed by atoms with Crippen molar-refractivity contribution in [2.24, 2.45) is 0 Å². The molecule has 2 aromatic carbocycles. The van der Waals surface area contributed by atoms with Gasteiger partial charge in [-0.05, 0) is 17.7 Å². The van der Waals surface area contributed by atoms with Crippen LogP contribution in [-0.2, 0) is 15.1 Å². The molecule has 1 aromatic heterocycles. The summed E-state index contributed by atoms with van der Waals surface area (Å²) in [6, 6.07) is 18.4. The van der Waals surface area contributed by atoms with Crippen molar-refractivity contribution in [3.8, 4) is 5.75 Å². The smallest absolute Gasteiger partial charge is 0.0470 e. The molecule has 27 heavy (non-hydrogen) atoms. The number of phenols is 1. The van der Waals surface area contributed by atoms with E-state index in [-0.39, 0.29) is 5.69 Å². The molecule has 142 valence electrons. The first-order valence-electron chi connectivity index (χ1n) is 8.07. The van der Waals surface area contributed by atoms with Crippen molar-refractivity contribution in [1.82, 2.24) is 4.57 Å². The van der Waals surface area contributed by atoms with Gasteiger partial charge >= 0.3 is 88.1 Å². The number of carbonyl (C=O) groups is 1. The number of aromatic hydroxyl groups is 1. The molecular weight excluding hydrogens is 411 g/mol. The summed E-state index contributed by atoms with van der Waals surface area (Å²) in [6.45, 7) is 2.20. The molecule has 0 saturated carbocycles. The van der Waals surface area contributed by atoms with Gasteiger partial charge in [0.05, 0.1) is 0 Å². The Balaban J connectivity index is 0.000000198. The largest absolute Gasteiger partial charge is 0.350 e. The number of amides is 1. The Bertz CT molecular complexity index is 921. The first-order valence-corrected chi connectivity index (χ1v) is 11.5. The molecule has 0 aliphatic carbocycles. The topological polar surface area (TPSA) is 112 Å². The number of hydrogen-bond acceptors (Lipinski definition) is 3. The van der Waals surface area contributed by atoms with Gasteiger partial charge < -0.3 is 4.57 Å². The Morgan fingerprint density at radius 1 is 1.00 bits per heavy atom. The van der Waals surface area contributed by atoms with Crippen LogP contribution >= 0.6 is 0 Å². The van der Waals surface area contributed by atoms with E-state index < -0.39 is 30.2 Å². The number of hydrogen-bond donors (Lipinski definition) is 4. The van der Waals surface area contributed by atoms with Crippen molar-refractivity contribution in [3.63, 3.8) is 0 Å². The molecule has 0 saturated heterocycles. The van der Waals surface area contributed by atoms with E-state index in [2.05, 4.69) is 46.5 Å². The quantitative estimate of drug-likeness (QED) is 0.368. The van der Waals surface area contributed by atoms with Gasteiger partial charge in [-0.25, -0.2) is 0 Å². The molecule has 3 aromatic rings. The summed E-state index contributed by atoms with van der Waals surface area (Å²) in [6.07, 6.45) is 4.15. The van der Waals surface area contributed by atoms with Crippen molar-refractivity contribution in [1.29, 1.82) is 0 Å². The fraction of sp³-hybridized carbons (Fsp3) is 0.105. The molecule has 0 bridgehead atoms. The monoisotopic (exact) mass is 432 g/mol. The van der Waals surface area contributed by atoms with Gasteiger partial charge in [0.2, 0.25) is 0 Å². The van der Waals surface area contributed by atoms with Crippen molar-refractivity contribution in [3.05, 3.63) is 78.6 Å². The van der Waals surface area contributed by atoms with Crippen LogP contribution < -0.4 is 9.67 Å². The third-order valence-corrected chi connectivity index (χ3v) is 5.59. The van der Waals surface area contributed by atoms with Crippen LogP contribution in [0.15, 0.2) is 73.1 Å². The molecule has 7 nitrogen and oxygen atoms in total. The molecule has 0 unspecified atom stereocenters. The average Bonchev–Trinajstić information content (AvgIpc) is 3.10. The minimum Gasteiger partial charge on any atom is -0.350 e. The summed E-state index contributed by atoms with van der Waals surface area (Å²) in [4.78, 5) is 10.7. The number of aromatic nitrogens is 1. The molecule has 0 atom stereocenters. The molecule has 0 aliphatic heterocycles. The van der Waals surface area contributed by atoms with E-state index in [1.807, 2.05) is 18.2 Å².